The molecule has 4 aliphatic heterocycles. The van der Waals surface area contributed by atoms with Crippen LogP contribution in [-0.4, -0.2) is 35.2 Å². The monoisotopic (exact) mass is 475 g/mol. The Morgan fingerprint density at radius 3 is 2.58 bits per heavy atom. The van der Waals surface area contributed by atoms with E-state index in [1.54, 1.807) is 36.4 Å². The molecule has 0 aliphatic carbocycles. The number of carbonyl (C=O) groups excluding carboxylic acids is 3. The first-order valence-corrected chi connectivity index (χ1v) is 11.2. The maximum absolute atomic E-state index is 13.8. The second-order valence-corrected chi connectivity index (χ2v) is 9.71. The molecule has 6 rings (SSSR count). The number of nitrogens with zero attached hydrogens (tertiary/aromatic N) is 2. The molecule has 2 aromatic carbocycles. The number of amides is 3. The van der Waals surface area contributed by atoms with Crippen LogP contribution in [0.3, 0.4) is 0 Å². The van der Waals surface area contributed by atoms with Gasteiger partial charge in [-0.25, -0.2) is 4.90 Å². The number of hydrogen-bond acceptors (Lipinski definition) is 4. The topological polar surface area (TPSA) is 69.7 Å². The standard InChI is InChI=1S/C22H16Cl3N3O3/c23-10-3-1-4-12(7-10)28-19(29)16-15-5-2-6-27(15)22(17(16)20(28)30)13-8-11(24)9-14(25)18(13)26-21(22)31/h1,3-4,7-9,15-17H,2,5-6H2,(H,26,31). The molecule has 0 aromatic heterocycles. The fourth-order valence-corrected chi connectivity index (χ4v) is 6.82. The number of rotatable bonds is 1. The Morgan fingerprint density at radius 1 is 1.00 bits per heavy atom. The number of nitrogens with one attached hydrogen (secondary N) is 1. The number of fused-ring (bicyclic) bond motifs is 7. The van der Waals surface area contributed by atoms with Gasteiger partial charge in [0.15, 0.2) is 0 Å². The van der Waals surface area contributed by atoms with E-state index >= 15 is 0 Å². The molecule has 3 fully saturated rings. The lowest BCUT2D eigenvalue weighted by Gasteiger charge is -2.36. The first-order valence-electron chi connectivity index (χ1n) is 10.1. The normalized spacial score (nSPS) is 31.4. The molecule has 158 valence electrons. The third-order valence-corrected chi connectivity index (χ3v) is 7.84. The summed E-state index contributed by atoms with van der Waals surface area (Å²) >= 11 is 18.8. The lowest BCUT2D eigenvalue weighted by Crippen LogP contribution is -2.54. The van der Waals surface area contributed by atoms with E-state index in [4.69, 9.17) is 34.8 Å². The zero-order valence-electron chi connectivity index (χ0n) is 16.1. The van der Waals surface area contributed by atoms with Gasteiger partial charge < -0.3 is 5.32 Å². The van der Waals surface area contributed by atoms with Crippen LogP contribution in [0, 0.1) is 11.8 Å². The first kappa shape index (κ1) is 19.6. The molecule has 4 atom stereocenters. The highest BCUT2D eigenvalue weighted by Gasteiger charge is 2.74. The van der Waals surface area contributed by atoms with Crippen molar-refractivity contribution in [1.82, 2.24) is 4.90 Å². The minimum Gasteiger partial charge on any atom is -0.323 e. The third kappa shape index (κ3) is 2.31. The SMILES string of the molecule is O=C1C2C3CCCN3C3(C(=O)Nc4c(Cl)cc(Cl)cc43)C2C(=O)N1c1cccc(Cl)c1. The summed E-state index contributed by atoms with van der Waals surface area (Å²) in [6, 6.07) is 9.70. The summed E-state index contributed by atoms with van der Waals surface area (Å²) in [6.07, 6.45) is 1.58. The van der Waals surface area contributed by atoms with Crippen molar-refractivity contribution >= 4 is 63.9 Å². The van der Waals surface area contributed by atoms with Crippen molar-refractivity contribution in [3.05, 3.63) is 57.0 Å². The molecule has 3 amide bonds. The number of halogens is 3. The van der Waals surface area contributed by atoms with Crippen molar-refractivity contribution < 1.29 is 14.4 Å². The minimum atomic E-state index is -1.31. The van der Waals surface area contributed by atoms with E-state index in [0.29, 0.717) is 38.6 Å². The Hall–Kier alpha value is -2.12. The molecule has 31 heavy (non-hydrogen) atoms. The van der Waals surface area contributed by atoms with Crippen LogP contribution in [0.15, 0.2) is 36.4 Å². The number of hydrogen-bond donors (Lipinski definition) is 1. The van der Waals surface area contributed by atoms with Crippen LogP contribution < -0.4 is 10.2 Å². The molecule has 0 bridgehead atoms. The lowest BCUT2D eigenvalue weighted by molar-refractivity contribution is -0.135. The Bertz CT molecular complexity index is 1200. The Labute approximate surface area is 193 Å². The summed E-state index contributed by atoms with van der Waals surface area (Å²) in [5.41, 5.74) is 0.141. The van der Waals surface area contributed by atoms with Crippen LogP contribution in [0.4, 0.5) is 11.4 Å². The molecule has 0 saturated carbocycles. The summed E-state index contributed by atoms with van der Waals surface area (Å²) in [6.45, 7) is 0.617. The van der Waals surface area contributed by atoms with Gasteiger partial charge in [-0.15, -0.1) is 0 Å². The maximum atomic E-state index is 13.8. The van der Waals surface area contributed by atoms with Crippen LogP contribution in [0.5, 0.6) is 0 Å². The maximum Gasteiger partial charge on any atom is 0.250 e. The van der Waals surface area contributed by atoms with E-state index in [1.807, 2.05) is 4.90 Å². The van der Waals surface area contributed by atoms with Gasteiger partial charge in [0.2, 0.25) is 11.8 Å². The molecule has 1 N–H and O–H groups in total. The van der Waals surface area contributed by atoms with Crippen LogP contribution in [0.25, 0.3) is 0 Å². The summed E-state index contributed by atoms with van der Waals surface area (Å²) in [5.74, 6) is -2.50. The number of carbonyl (C=O) groups is 3. The van der Waals surface area contributed by atoms with E-state index in [1.165, 1.54) is 4.90 Å². The fraction of sp³-hybridized carbons (Fsp3) is 0.318. The highest BCUT2D eigenvalue weighted by Crippen LogP contribution is 2.61. The van der Waals surface area contributed by atoms with Crippen molar-refractivity contribution in [2.45, 2.75) is 24.4 Å². The zero-order chi connectivity index (χ0) is 21.7. The van der Waals surface area contributed by atoms with Crippen molar-refractivity contribution in [2.24, 2.45) is 11.8 Å². The smallest absolute Gasteiger partial charge is 0.250 e. The fourth-order valence-electron chi connectivity index (χ4n) is 6.10. The highest BCUT2D eigenvalue weighted by atomic mass is 35.5. The van der Waals surface area contributed by atoms with Crippen LogP contribution in [0.1, 0.15) is 18.4 Å². The van der Waals surface area contributed by atoms with E-state index in [2.05, 4.69) is 5.32 Å². The van der Waals surface area contributed by atoms with E-state index in [-0.39, 0.29) is 17.9 Å². The molecule has 4 heterocycles. The number of imide groups is 1. The molecule has 0 radical (unpaired) electrons. The van der Waals surface area contributed by atoms with E-state index in [0.717, 1.165) is 12.8 Å². The highest BCUT2D eigenvalue weighted by molar-refractivity contribution is 6.38. The first-order chi connectivity index (χ1) is 14.9. The molecule has 3 saturated heterocycles. The van der Waals surface area contributed by atoms with Gasteiger partial charge in [0.25, 0.3) is 5.91 Å². The van der Waals surface area contributed by atoms with Crippen molar-refractivity contribution in [2.75, 3.05) is 16.8 Å². The molecule has 2 aromatic rings. The molecule has 6 nitrogen and oxygen atoms in total. The molecule has 1 spiro atoms. The number of anilines is 2. The molecule has 9 heteroatoms. The second kappa shape index (κ2) is 6.45. The third-order valence-electron chi connectivity index (χ3n) is 7.08. The van der Waals surface area contributed by atoms with Crippen LogP contribution >= 0.6 is 34.8 Å². The Balaban J connectivity index is 1.58. The van der Waals surface area contributed by atoms with Gasteiger partial charge in [-0.05, 0) is 49.7 Å². The molecular formula is C22H16Cl3N3O3. The van der Waals surface area contributed by atoms with E-state index < -0.39 is 23.3 Å². The average molecular weight is 477 g/mol. The predicted octanol–water partition coefficient (Wildman–Crippen LogP) is 4.08. The van der Waals surface area contributed by atoms with Gasteiger partial charge in [-0.3, -0.25) is 19.3 Å². The average Bonchev–Trinajstić information content (AvgIpc) is 3.41. The Morgan fingerprint density at radius 2 is 1.81 bits per heavy atom. The number of benzene rings is 2. The minimum absolute atomic E-state index is 0.208. The second-order valence-electron chi connectivity index (χ2n) is 8.43. The molecule has 4 unspecified atom stereocenters. The van der Waals surface area contributed by atoms with Crippen molar-refractivity contribution in [3.63, 3.8) is 0 Å². The zero-order valence-corrected chi connectivity index (χ0v) is 18.3. The summed E-state index contributed by atoms with van der Waals surface area (Å²) in [7, 11) is 0. The van der Waals surface area contributed by atoms with Crippen molar-refractivity contribution in [3.8, 4) is 0 Å². The Kier molecular flexibility index (Phi) is 4.07. The largest absolute Gasteiger partial charge is 0.323 e. The molecular weight excluding hydrogens is 461 g/mol. The van der Waals surface area contributed by atoms with Gasteiger partial charge in [-0.2, -0.15) is 0 Å². The predicted molar refractivity (Wildman–Crippen MR) is 117 cm³/mol. The van der Waals surface area contributed by atoms with Gasteiger partial charge in [0, 0.05) is 21.7 Å². The van der Waals surface area contributed by atoms with Gasteiger partial charge in [0.05, 0.1) is 28.2 Å². The van der Waals surface area contributed by atoms with Gasteiger partial charge in [0.1, 0.15) is 5.54 Å². The van der Waals surface area contributed by atoms with Gasteiger partial charge in [-0.1, -0.05) is 40.9 Å². The quantitative estimate of drug-likeness (QED) is 0.630. The molecule has 4 aliphatic rings. The van der Waals surface area contributed by atoms with E-state index in [9.17, 15) is 14.4 Å². The summed E-state index contributed by atoms with van der Waals surface area (Å²) in [5, 5.41) is 3.99. The van der Waals surface area contributed by atoms with Gasteiger partial charge >= 0.3 is 0 Å². The summed E-state index contributed by atoms with van der Waals surface area (Å²) in [4.78, 5) is 44.2. The summed E-state index contributed by atoms with van der Waals surface area (Å²) < 4.78 is 0. The van der Waals surface area contributed by atoms with Crippen molar-refractivity contribution in [1.29, 1.82) is 0 Å². The lowest BCUT2D eigenvalue weighted by atomic mass is 9.75. The van der Waals surface area contributed by atoms with Crippen LogP contribution in [0.2, 0.25) is 15.1 Å². The van der Waals surface area contributed by atoms with Crippen LogP contribution in [-0.2, 0) is 19.9 Å².